The van der Waals surface area contributed by atoms with Gasteiger partial charge in [0.05, 0.1) is 0 Å². The van der Waals surface area contributed by atoms with Crippen LogP contribution >= 0.6 is 0 Å². The van der Waals surface area contributed by atoms with E-state index in [1.54, 1.807) is 0 Å². The Hall–Kier alpha value is 0. The molecule has 0 aromatic heterocycles. The van der Waals surface area contributed by atoms with Crippen LogP contribution in [0.1, 0.15) is 46.5 Å². The molecule has 0 aromatic rings. The quantitative estimate of drug-likeness (QED) is 0.563. The molecule has 60 valence electrons. The van der Waals surface area contributed by atoms with Gasteiger partial charge in [-0.25, -0.2) is 0 Å². The van der Waals surface area contributed by atoms with Gasteiger partial charge in [0.25, 0.3) is 0 Å². The lowest BCUT2D eigenvalue weighted by atomic mass is 9.70. The maximum Gasteiger partial charge on any atom is -0.0365 e. The Bertz CT molecular complexity index is 90.2. The maximum absolute atomic E-state index is 2.37. The highest BCUT2D eigenvalue weighted by atomic mass is 14.3. The van der Waals surface area contributed by atoms with Gasteiger partial charge in [0.1, 0.15) is 0 Å². The average molecular weight is 140 g/mol. The highest BCUT2D eigenvalue weighted by molar-refractivity contribution is 4.78. The zero-order chi connectivity index (χ0) is 7.56. The Morgan fingerprint density at radius 3 is 2.00 bits per heavy atom. The zero-order valence-electron chi connectivity index (χ0n) is 7.56. The first-order chi connectivity index (χ1) is 4.75. The molecule has 0 amide bonds. The second-order valence-corrected chi connectivity index (χ2v) is 4.01. The fraction of sp³-hybridized carbons (Fsp3) is 1.00. The van der Waals surface area contributed by atoms with E-state index in [1.807, 2.05) is 0 Å². The summed E-state index contributed by atoms with van der Waals surface area (Å²) < 4.78 is 0. The SMILES string of the molecule is CCC(C(C)C)C1CCC1. The van der Waals surface area contributed by atoms with Crippen molar-refractivity contribution in [1.82, 2.24) is 0 Å². The van der Waals surface area contributed by atoms with Crippen molar-refractivity contribution < 1.29 is 0 Å². The van der Waals surface area contributed by atoms with Gasteiger partial charge in [-0.1, -0.05) is 46.5 Å². The third-order valence-corrected chi connectivity index (χ3v) is 3.08. The molecule has 0 heteroatoms. The second-order valence-electron chi connectivity index (χ2n) is 4.01. The van der Waals surface area contributed by atoms with Gasteiger partial charge in [-0.05, 0) is 17.8 Å². The maximum atomic E-state index is 2.37. The molecule has 0 aliphatic heterocycles. The van der Waals surface area contributed by atoms with Crippen LogP contribution in [0, 0.1) is 17.8 Å². The van der Waals surface area contributed by atoms with Gasteiger partial charge in [-0.15, -0.1) is 0 Å². The fourth-order valence-electron chi connectivity index (χ4n) is 2.22. The summed E-state index contributed by atoms with van der Waals surface area (Å²) in [5.74, 6) is 3.02. The summed E-state index contributed by atoms with van der Waals surface area (Å²) in [6, 6.07) is 0. The summed E-state index contributed by atoms with van der Waals surface area (Å²) in [4.78, 5) is 0. The van der Waals surface area contributed by atoms with Crippen LogP contribution in [0.3, 0.4) is 0 Å². The molecular formula is C10H20. The minimum Gasteiger partial charge on any atom is -0.0651 e. The Balaban J connectivity index is 2.31. The summed E-state index contributed by atoms with van der Waals surface area (Å²) in [6.07, 6.45) is 5.91. The number of rotatable bonds is 3. The Morgan fingerprint density at radius 1 is 1.30 bits per heavy atom. The van der Waals surface area contributed by atoms with Gasteiger partial charge in [0.15, 0.2) is 0 Å². The molecule has 1 atom stereocenters. The normalized spacial score (nSPS) is 22.8. The van der Waals surface area contributed by atoms with Gasteiger partial charge in [-0.2, -0.15) is 0 Å². The third-order valence-electron chi connectivity index (χ3n) is 3.08. The molecule has 1 unspecified atom stereocenters. The first-order valence-electron chi connectivity index (χ1n) is 4.75. The van der Waals surface area contributed by atoms with E-state index in [9.17, 15) is 0 Å². The molecule has 0 nitrogen and oxygen atoms in total. The van der Waals surface area contributed by atoms with E-state index in [-0.39, 0.29) is 0 Å². The van der Waals surface area contributed by atoms with E-state index >= 15 is 0 Å². The molecule has 1 rings (SSSR count). The Morgan fingerprint density at radius 2 is 1.90 bits per heavy atom. The fourth-order valence-corrected chi connectivity index (χ4v) is 2.22. The zero-order valence-corrected chi connectivity index (χ0v) is 7.56. The highest BCUT2D eigenvalue weighted by Gasteiger charge is 2.27. The Kier molecular flexibility index (Phi) is 2.76. The smallest absolute Gasteiger partial charge is 0.0365 e. The van der Waals surface area contributed by atoms with Crippen LogP contribution in [0.25, 0.3) is 0 Å². The van der Waals surface area contributed by atoms with Crippen molar-refractivity contribution in [3.63, 3.8) is 0 Å². The van der Waals surface area contributed by atoms with E-state index in [4.69, 9.17) is 0 Å². The van der Waals surface area contributed by atoms with Crippen LogP contribution in [0.4, 0.5) is 0 Å². The van der Waals surface area contributed by atoms with E-state index < -0.39 is 0 Å². The Labute approximate surface area is 65.0 Å². The van der Waals surface area contributed by atoms with Crippen LogP contribution < -0.4 is 0 Å². The van der Waals surface area contributed by atoms with Gasteiger partial charge in [0, 0.05) is 0 Å². The standard InChI is InChI=1S/C10H20/c1-4-10(8(2)3)9-6-5-7-9/h8-10H,4-7H2,1-3H3. The van der Waals surface area contributed by atoms with Gasteiger partial charge < -0.3 is 0 Å². The van der Waals surface area contributed by atoms with Crippen LogP contribution in [0.5, 0.6) is 0 Å². The highest BCUT2D eigenvalue weighted by Crippen LogP contribution is 2.38. The van der Waals surface area contributed by atoms with E-state index in [0.29, 0.717) is 0 Å². The van der Waals surface area contributed by atoms with Crippen LogP contribution in [-0.4, -0.2) is 0 Å². The van der Waals surface area contributed by atoms with Crippen LogP contribution in [0.15, 0.2) is 0 Å². The third kappa shape index (κ3) is 1.53. The van der Waals surface area contributed by atoms with Crippen molar-refractivity contribution in [2.45, 2.75) is 46.5 Å². The number of hydrogen-bond acceptors (Lipinski definition) is 0. The van der Waals surface area contributed by atoms with Gasteiger partial charge in [0.2, 0.25) is 0 Å². The monoisotopic (exact) mass is 140 g/mol. The molecule has 0 N–H and O–H groups in total. The van der Waals surface area contributed by atoms with E-state index in [2.05, 4.69) is 20.8 Å². The van der Waals surface area contributed by atoms with Crippen molar-refractivity contribution in [3.05, 3.63) is 0 Å². The van der Waals surface area contributed by atoms with E-state index in [0.717, 1.165) is 17.8 Å². The molecular weight excluding hydrogens is 120 g/mol. The van der Waals surface area contributed by atoms with E-state index in [1.165, 1.54) is 25.7 Å². The van der Waals surface area contributed by atoms with Crippen LogP contribution in [-0.2, 0) is 0 Å². The molecule has 0 heterocycles. The predicted molar refractivity (Wildman–Crippen MR) is 46.0 cm³/mol. The molecule has 0 bridgehead atoms. The van der Waals surface area contributed by atoms with Crippen molar-refractivity contribution in [1.29, 1.82) is 0 Å². The lowest BCUT2D eigenvalue weighted by Gasteiger charge is -2.35. The molecule has 1 fully saturated rings. The molecule has 1 aliphatic carbocycles. The molecule has 0 spiro atoms. The predicted octanol–water partition coefficient (Wildman–Crippen LogP) is 3.47. The lowest BCUT2D eigenvalue weighted by Crippen LogP contribution is -2.25. The van der Waals surface area contributed by atoms with Crippen molar-refractivity contribution in [3.8, 4) is 0 Å². The first-order valence-corrected chi connectivity index (χ1v) is 4.75. The topological polar surface area (TPSA) is 0 Å². The minimum absolute atomic E-state index is 0.912. The molecule has 0 aromatic carbocycles. The molecule has 0 saturated heterocycles. The van der Waals surface area contributed by atoms with Crippen molar-refractivity contribution in [2.75, 3.05) is 0 Å². The molecule has 1 saturated carbocycles. The van der Waals surface area contributed by atoms with Crippen LogP contribution in [0.2, 0.25) is 0 Å². The second kappa shape index (κ2) is 3.41. The summed E-state index contributed by atoms with van der Waals surface area (Å²) in [5.41, 5.74) is 0. The summed E-state index contributed by atoms with van der Waals surface area (Å²) in [5, 5.41) is 0. The summed E-state index contributed by atoms with van der Waals surface area (Å²) in [7, 11) is 0. The lowest BCUT2D eigenvalue weighted by molar-refractivity contribution is 0.155. The average Bonchev–Trinajstić information content (AvgIpc) is 1.76. The molecule has 0 radical (unpaired) electrons. The molecule has 10 heavy (non-hydrogen) atoms. The first kappa shape index (κ1) is 8.10. The minimum atomic E-state index is 0.912. The summed E-state index contributed by atoms with van der Waals surface area (Å²) in [6.45, 7) is 7.07. The molecule has 1 aliphatic rings. The summed E-state index contributed by atoms with van der Waals surface area (Å²) >= 11 is 0. The largest absolute Gasteiger partial charge is 0.0651 e. The van der Waals surface area contributed by atoms with Gasteiger partial charge >= 0.3 is 0 Å². The van der Waals surface area contributed by atoms with Crippen molar-refractivity contribution in [2.24, 2.45) is 17.8 Å². The number of hydrogen-bond donors (Lipinski definition) is 0. The van der Waals surface area contributed by atoms with Crippen molar-refractivity contribution >= 4 is 0 Å². The van der Waals surface area contributed by atoms with Gasteiger partial charge in [-0.3, -0.25) is 0 Å².